The molecule has 1 aromatic heterocycles. The van der Waals surface area contributed by atoms with E-state index in [4.69, 9.17) is 4.74 Å². The molecule has 0 radical (unpaired) electrons. The zero-order valence-corrected chi connectivity index (χ0v) is 13.8. The van der Waals surface area contributed by atoms with Crippen molar-refractivity contribution < 1.29 is 14.6 Å². The van der Waals surface area contributed by atoms with Gasteiger partial charge in [-0.3, -0.25) is 4.79 Å². The molecule has 5 nitrogen and oxygen atoms in total. The lowest BCUT2D eigenvalue weighted by molar-refractivity contribution is -0.237. The number of carbonyl (C=O) groups is 1. The van der Waals surface area contributed by atoms with E-state index in [2.05, 4.69) is 10.3 Å². The van der Waals surface area contributed by atoms with E-state index in [0.29, 0.717) is 18.6 Å². The summed E-state index contributed by atoms with van der Waals surface area (Å²) >= 11 is 0. The number of hydrogen-bond donors (Lipinski definition) is 3. The van der Waals surface area contributed by atoms with E-state index in [1.54, 1.807) is 6.07 Å². The van der Waals surface area contributed by atoms with Crippen LogP contribution in [0.4, 0.5) is 0 Å². The minimum Gasteiger partial charge on any atom is -0.387 e. The molecule has 1 saturated carbocycles. The van der Waals surface area contributed by atoms with Crippen LogP contribution in [0.5, 0.6) is 0 Å². The average Bonchev–Trinajstić information content (AvgIpc) is 3.00. The number of benzene rings is 1. The van der Waals surface area contributed by atoms with Gasteiger partial charge in [-0.1, -0.05) is 26.0 Å². The van der Waals surface area contributed by atoms with Crippen molar-refractivity contribution in [3.05, 3.63) is 36.0 Å². The topological polar surface area (TPSA) is 74.3 Å². The molecule has 1 fully saturated rings. The predicted molar refractivity (Wildman–Crippen MR) is 89.4 cm³/mol. The molecule has 0 saturated heterocycles. The van der Waals surface area contributed by atoms with Gasteiger partial charge >= 0.3 is 0 Å². The van der Waals surface area contributed by atoms with Crippen molar-refractivity contribution >= 4 is 16.8 Å². The Bertz CT molecular complexity index is 722. The summed E-state index contributed by atoms with van der Waals surface area (Å²) in [6.07, 6.45) is 2.39. The molecule has 1 heterocycles. The standard InChI is InChI=1S/C18H24N2O3/c1-4-23-14-10-18(22,17(14,2)3)11-20-16(21)13-7-5-6-12-8-9-19-15(12)13/h5-9,14,19,22H,4,10-11H2,1-3H3,(H,20,21)/t14-,18+/m1/s1. The van der Waals surface area contributed by atoms with Gasteiger partial charge in [0, 0.05) is 36.6 Å². The quantitative estimate of drug-likeness (QED) is 0.793. The maximum absolute atomic E-state index is 12.5. The summed E-state index contributed by atoms with van der Waals surface area (Å²) in [5, 5.41) is 14.7. The Morgan fingerprint density at radius 2 is 2.22 bits per heavy atom. The Balaban J connectivity index is 1.69. The maximum atomic E-state index is 12.5. The third-order valence-electron chi connectivity index (χ3n) is 5.27. The summed E-state index contributed by atoms with van der Waals surface area (Å²) in [7, 11) is 0. The molecule has 2 aromatic rings. The lowest BCUT2D eigenvalue weighted by Gasteiger charge is -2.57. The first kappa shape index (κ1) is 16.0. The fourth-order valence-corrected chi connectivity index (χ4v) is 3.36. The maximum Gasteiger partial charge on any atom is 0.253 e. The molecule has 5 heteroatoms. The zero-order valence-electron chi connectivity index (χ0n) is 13.8. The summed E-state index contributed by atoms with van der Waals surface area (Å²) in [5.74, 6) is -0.179. The largest absolute Gasteiger partial charge is 0.387 e. The van der Waals surface area contributed by atoms with Crippen molar-refractivity contribution in [2.75, 3.05) is 13.2 Å². The van der Waals surface area contributed by atoms with Crippen molar-refractivity contribution in [3.63, 3.8) is 0 Å². The van der Waals surface area contributed by atoms with E-state index < -0.39 is 5.60 Å². The Morgan fingerprint density at radius 1 is 1.43 bits per heavy atom. The second-order valence-electron chi connectivity index (χ2n) is 6.83. The molecule has 1 amide bonds. The number of para-hydroxylation sites is 1. The summed E-state index contributed by atoms with van der Waals surface area (Å²) in [5.41, 5.74) is 0.0903. The SMILES string of the molecule is CCO[C@@H]1C[C@](O)(CNC(=O)c2cccc3cc[nH]c23)C1(C)C. The first-order valence-electron chi connectivity index (χ1n) is 8.07. The highest BCUT2D eigenvalue weighted by Gasteiger charge is 2.59. The molecule has 2 atom stereocenters. The third kappa shape index (κ3) is 2.54. The molecular formula is C18H24N2O3. The number of fused-ring (bicyclic) bond motifs is 1. The molecular weight excluding hydrogens is 292 g/mol. The van der Waals surface area contributed by atoms with Gasteiger partial charge in [0.1, 0.15) is 0 Å². The fourth-order valence-electron chi connectivity index (χ4n) is 3.36. The number of hydrogen-bond acceptors (Lipinski definition) is 3. The number of aromatic amines is 1. The highest BCUT2D eigenvalue weighted by Crippen LogP contribution is 2.50. The Labute approximate surface area is 136 Å². The van der Waals surface area contributed by atoms with E-state index in [9.17, 15) is 9.90 Å². The second-order valence-corrected chi connectivity index (χ2v) is 6.83. The van der Waals surface area contributed by atoms with Gasteiger partial charge in [0.25, 0.3) is 5.91 Å². The molecule has 23 heavy (non-hydrogen) atoms. The predicted octanol–water partition coefficient (Wildman–Crippen LogP) is 2.46. The molecule has 3 N–H and O–H groups in total. The number of amides is 1. The van der Waals surface area contributed by atoms with E-state index in [1.807, 2.05) is 45.2 Å². The highest BCUT2D eigenvalue weighted by molar-refractivity contribution is 6.05. The van der Waals surface area contributed by atoms with Crippen LogP contribution in [-0.2, 0) is 4.74 Å². The molecule has 1 aromatic carbocycles. The first-order chi connectivity index (χ1) is 10.9. The summed E-state index contributed by atoms with van der Waals surface area (Å²) < 4.78 is 5.65. The lowest BCUT2D eigenvalue weighted by atomic mass is 9.56. The van der Waals surface area contributed by atoms with Crippen LogP contribution in [0.15, 0.2) is 30.5 Å². The molecule has 0 bridgehead atoms. The van der Waals surface area contributed by atoms with Crippen LogP contribution in [0.1, 0.15) is 37.6 Å². The van der Waals surface area contributed by atoms with Crippen molar-refractivity contribution in [1.82, 2.24) is 10.3 Å². The minimum atomic E-state index is -0.938. The van der Waals surface area contributed by atoms with Crippen LogP contribution in [0.2, 0.25) is 0 Å². The lowest BCUT2D eigenvalue weighted by Crippen LogP contribution is -2.68. The van der Waals surface area contributed by atoms with E-state index in [-0.39, 0.29) is 24.0 Å². The number of nitrogens with one attached hydrogen (secondary N) is 2. The smallest absolute Gasteiger partial charge is 0.253 e. The number of ether oxygens (including phenoxy) is 1. The van der Waals surface area contributed by atoms with Crippen molar-refractivity contribution in [3.8, 4) is 0 Å². The van der Waals surface area contributed by atoms with Gasteiger partial charge in [-0.25, -0.2) is 0 Å². The second kappa shape index (κ2) is 5.65. The highest BCUT2D eigenvalue weighted by atomic mass is 16.5. The van der Waals surface area contributed by atoms with Crippen LogP contribution in [0.25, 0.3) is 10.9 Å². The normalized spacial score (nSPS) is 26.0. The van der Waals surface area contributed by atoms with E-state index >= 15 is 0 Å². The van der Waals surface area contributed by atoms with Crippen LogP contribution in [-0.4, -0.2) is 40.9 Å². The Kier molecular flexibility index (Phi) is 3.94. The molecule has 124 valence electrons. The summed E-state index contributed by atoms with van der Waals surface area (Å²) in [6, 6.07) is 7.53. The molecule has 1 aliphatic rings. The monoisotopic (exact) mass is 316 g/mol. The Hall–Kier alpha value is -1.85. The van der Waals surface area contributed by atoms with Crippen LogP contribution >= 0.6 is 0 Å². The van der Waals surface area contributed by atoms with Gasteiger partial charge in [-0.05, 0) is 19.1 Å². The van der Waals surface area contributed by atoms with Gasteiger partial charge in [0.05, 0.1) is 22.8 Å². The minimum absolute atomic E-state index is 0.0289. The van der Waals surface area contributed by atoms with Crippen molar-refractivity contribution in [1.29, 1.82) is 0 Å². The van der Waals surface area contributed by atoms with Gasteiger partial charge < -0.3 is 20.1 Å². The number of aromatic nitrogens is 1. The van der Waals surface area contributed by atoms with Crippen molar-refractivity contribution in [2.24, 2.45) is 5.41 Å². The van der Waals surface area contributed by atoms with Crippen LogP contribution in [0.3, 0.4) is 0 Å². The molecule has 0 aliphatic heterocycles. The van der Waals surface area contributed by atoms with Crippen LogP contribution < -0.4 is 5.32 Å². The summed E-state index contributed by atoms with van der Waals surface area (Å²) in [6.45, 7) is 6.76. The fraction of sp³-hybridized carbons (Fsp3) is 0.500. The van der Waals surface area contributed by atoms with Crippen molar-refractivity contribution in [2.45, 2.75) is 38.9 Å². The molecule has 0 spiro atoms. The number of H-pyrrole nitrogens is 1. The van der Waals surface area contributed by atoms with Gasteiger partial charge in [-0.2, -0.15) is 0 Å². The van der Waals surface area contributed by atoms with E-state index in [1.165, 1.54) is 0 Å². The number of aliphatic hydroxyl groups is 1. The zero-order chi connectivity index (χ0) is 16.7. The number of rotatable bonds is 5. The molecule has 3 rings (SSSR count). The average molecular weight is 316 g/mol. The summed E-state index contributed by atoms with van der Waals surface area (Å²) in [4.78, 5) is 15.6. The van der Waals surface area contributed by atoms with E-state index in [0.717, 1.165) is 10.9 Å². The molecule has 1 aliphatic carbocycles. The van der Waals surface area contributed by atoms with Gasteiger partial charge in [0.15, 0.2) is 0 Å². The Morgan fingerprint density at radius 3 is 2.91 bits per heavy atom. The van der Waals surface area contributed by atoms with Crippen LogP contribution in [0, 0.1) is 5.41 Å². The third-order valence-corrected chi connectivity index (χ3v) is 5.27. The number of carbonyl (C=O) groups excluding carboxylic acids is 1. The van der Waals surface area contributed by atoms with Gasteiger partial charge in [0.2, 0.25) is 0 Å². The first-order valence-corrected chi connectivity index (χ1v) is 8.07. The van der Waals surface area contributed by atoms with Gasteiger partial charge in [-0.15, -0.1) is 0 Å². The molecule has 0 unspecified atom stereocenters.